The van der Waals surface area contributed by atoms with Gasteiger partial charge in [-0.3, -0.25) is 4.79 Å². The van der Waals surface area contributed by atoms with E-state index in [-0.39, 0.29) is 29.5 Å². The van der Waals surface area contributed by atoms with Crippen molar-refractivity contribution in [3.8, 4) is 0 Å². The Hall–Kier alpha value is -2.62. The van der Waals surface area contributed by atoms with E-state index in [1.165, 1.54) is 0 Å². The fourth-order valence-electron chi connectivity index (χ4n) is 2.82. The van der Waals surface area contributed by atoms with Gasteiger partial charge >= 0.3 is 0 Å². The molecular weight excluding hydrogens is 493 g/mol. The first-order valence-electron chi connectivity index (χ1n) is 9.73. The first-order valence-corrected chi connectivity index (χ1v) is 9.73. The largest absolute Gasteiger partial charge is 0.444 e. The second kappa shape index (κ2) is 11.5. The average molecular weight is 521 g/mol. The van der Waals surface area contributed by atoms with Crippen LogP contribution in [0.15, 0.2) is 62.9 Å². The van der Waals surface area contributed by atoms with Crippen LogP contribution in [0.3, 0.4) is 0 Å². The summed E-state index contributed by atoms with van der Waals surface area (Å²) >= 11 is 0. The molecule has 2 N–H and O–H groups in total. The third-order valence-corrected chi connectivity index (χ3v) is 4.52. The van der Waals surface area contributed by atoms with Crippen LogP contribution in [0.1, 0.15) is 35.4 Å². The molecule has 7 nitrogen and oxygen atoms in total. The van der Waals surface area contributed by atoms with Crippen LogP contribution < -0.4 is 16.2 Å². The van der Waals surface area contributed by atoms with E-state index in [0.717, 1.165) is 29.1 Å². The molecule has 0 saturated heterocycles. The predicted molar refractivity (Wildman–Crippen MR) is 129 cm³/mol. The summed E-state index contributed by atoms with van der Waals surface area (Å²) in [5.41, 5.74) is 3.07. The molecule has 0 aliphatic heterocycles. The number of pyridine rings is 1. The van der Waals surface area contributed by atoms with Gasteiger partial charge in [0.15, 0.2) is 5.96 Å². The number of halogens is 1. The molecule has 0 unspecified atom stereocenters. The highest BCUT2D eigenvalue weighted by atomic mass is 127. The summed E-state index contributed by atoms with van der Waals surface area (Å²) in [6.07, 6.45) is 1.80. The summed E-state index contributed by atoms with van der Waals surface area (Å²) in [4.78, 5) is 20.8. The highest BCUT2D eigenvalue weighted by molar-refractivity contribution is 14.0. The molecule has 0 saturated carbocycles. The summed E-state index contributed by atoms with van der Waals surface area (Å²) in [6.45, 7) is 8.21. The van der Waals surface area contributed by atoms with Gasteiger partial charge in [0.2, 0.25) is 5.89 Å². The summed E-state index contributed by atoms with van der Waals surface area (Å²) in [5, 5.41) is 6.47. The lowest BCUT2D eigenvalue weighted by molar-refractivity contribution is 0.463. The van der Waals surface area contributed by atoms with Gasteiger partial charge < -0.3 is 19.6 Å². The predicted octanol–water partition coefficient (Wildman–Crippen LogP) is 3.37. The lowest BCUT2D eigenvalue weighted by Crippen LogP contribution is -2.36. The standard InChI is InChI=1S/C22H27N5O2.HI/c1-4-23-22(25-14-20-26-16(2)17(3)29-20)24-13-18-8-10-19(11-9-18)15-27-12-6-5-7-21(27)28;/h5-12H,4,13-15H2,1-3H3,(H2,23,24,25);1H. The second-order valence-electron chi connectivity index (χ2n) is 6.78. The molecule has 8 heteroatoms. The number of aromatic nitrogens is 2. The summed E-state index contributed by atoms with van der Waals surface area (Å²) in [7, 11) is 0. The third kappa shape index (κ3) is 6.72. The van der Waals surface area contributed by atoms with Crippen LogP contribution in [-0.2, 0) is 19.6 Å². The molecule has 0 spiro atoms. The van der Waals surface area contributed by atoms with Gasteiger partial charge in [0, 0.05) is 18.8 Å². The number of hydrogen-bond acceptors (Lipinski definition) is 4. The zero-order valence-corrected chi connectivity index (χ0v) is 19.8. The van der Waals surface area contributed by atoms with Crippen LogP contribution in [0.4, 0.5) is 0 Å². The number of nitrogens with zero attached hydrogens (tertiary/aromatic N) is 3. The lowest BCUT2D eigenvalue weighted by Gasteiger charge is -2.10. The highest BCUT2D eigenvalue weighted by Crippen LogP contribution is 2.08. The van der Waals surface area contributed by atoms with Gasteiger partial charge in [-0.25, -0.2) is 9.98 Å². The van der Waals surface area contributed by atoms with E-state index < -0.39 is 0 Å². The summed E-state index contributed by atoms with van der Waals surface area (Å²) < 4.78 is 7.28. The van der Waals surface area contributed by atoms with Crippen molar-refractivity contribution in [2.24, 2.45) is 4.99 Å². The van der Waals surface area contributed by atoms with Crippen molar-refractivity contribution in [3.63, 3.8) is 0 Å². The van der Waals surface area contributed by atoms with Gasteiger partial charge in [0.25, 0.3) is 5.56 Å². The third-order valence-electron chi connectivity index (χ3n) is 4.52. The normalized spacial score (nSPS) is 11.1. The molecule has 30 heavy (non-hydrogen) atoms. The number of hydrogen-bond donors (Lipinski definition) is 2. The minimum atomic E-state index is -0.000956. The second-order valence-corrected chi connectivity index (χ2v) is 6.78. The van der Waals surface area contributed by atoms with Crippen molar-refractivity contribution < 1.29 is 4.42 Å². The SMILES string of the molecule is CCNC(=NCc1ccc(Cn2ccccc2=O)cc1)NCc1nc(C)c(C)o1.I. The number of aryl methyl sites for hydroxylation is 2. The zero-order valence-electron chi connectivity index (χ0n) is 17.5. The Morgan fingerprint density at radius 1 is 1.10 bits per heavy atom. The molecule has 0 bridgehead atoms. The topological polar surface area (TPSA) is 84.5 Å². The van der Waals surface area contributed by atoms with E-state index in [1.807, 2.05) is 51.1 Å². The average Bonchev–Trinajstić information content (AvgIpc) is 3.04. The Balaban J connectivity index is 0.00000320. The van der Waals surface area contributed by atoms with Crippen molar-refractivity contribution in [2.75, 3.05) is 6.54 Å². The number of guanidine groups is 1. The molecule has 0 amide bonds. The molecule has 2 aromatic heterocycles. The minimum Gasteiger partial charge on any atom is -0.444 e. The van der Waals surface area contributed by atoms with E-state index >= 15 is 0 Å². The maximum absolute atomic E-state index is 11.8. The number of benzene rings is 1. The van der Waals surface area contributed by atoms with Crippen molar-refractivity contribution in [1.29, 1.82) is 0 Å². The van der Waals surface area contributed by atoms with Gasteiger partial charge in [0.1, 0.15) is 5.76 Å². The van der Waals surface area contributed by atoms with Gasteiger partial charge in [0.05, 0.1) is 25.3 Å². The molecule has 2 heterocycles. The molecule has 0 aliphatic carbocycles. The van der Waals surface area contributed by atoms with Gasteiger partial charge in [-0.2, -0.15) is 0 Å². The molecule has 160 valence electrons. The number of oxazole rings is 1. The first kappa shape index (κ1) is 23.7. The first-order chi connectivity index (χ1) is 14.0. The maximum atomic E-state index is 11.8. The molecule has 0 fully saturated rings. The van der Waals surface area contributed by atoms with Crippen LogP contribution in [0, 0.1) is 13.8 Å². The minimum absolute atomic E-state index is 0. The summed E-state index contributed by atoms with van der Waals surface area (Å²) in [5.74, 6) is 2.19. The molecule has 0 atom stereocenters. The molecule has 3 aromatic rings. The maximum Gasteiger partial charge on any atom is 0.250 e. The smallest absolute Gasteiger partial charge is 0.250 e. The fourth-order valence-corrected chi connectivity index (χ4v) is 2.82. The Labute approximate surface area is 193 Å². The Morgan fingerprint density at radius 3 is 2.47 bits per heavy atom. The van der Waals surface area contributed by atoms with Gasteiger partial charge in [-0.1, -0.05) is 30.3 Å². The number of nitrogens with one attached hydrogen (secondary N) is 2. The Morgan fingerprint density at radius 2 is 1.83 bits per heavy atom. The molecular formula is C22H28IN5O2. The molecule has 3 rings (SSSR count). The van der Waals surface area contributed by atoms with Gasteiger partial charge in [-0.15, -0.1) is 24.0 Å². The number of rotatable bonds is 7. The van der Waals surface area contributed by atoms with Crippen LogP contribution in [0.5, 0.6) is 0 Å². The van der Waals surface area contributed by atoms with Gasteiger partial charge in [-0.05, 0) is 38.0 Å². The van der Waals surface area contributed by atoms with Crippen LogP contribution in [-0.4, -0.2) is 22.1 Å². The zero-order chi connectivity index (χ0) is 20.6. The van der Waals surface area contributed by atoms with E-state index in [2.05, 4.69) is 20.6 Å². The van der Waals surface area contributed by atoms with Crippen molar-refractivity contribution in [1.82, 2.24) is 20.2 Å². The van der Waals surface area contributed by atoms with Crippen molar-refractivity contribution >= 4 is 29.9 Å². The highest BCUT2D eigenvalue weighted by Gasteiger charge is 2.06. The Kier molecular flexibility index (Phi) is 9.10. The van der Waals surface area contributed by atoms with E-state index in [9.17, 15) is 4.79 Å². The molecule has 1 aromatic carbocycles. The van der Waals surface area contributed by atoms with E-state index in [1.54, 1.807) is 22.9 Å². The summed E-state index contributed by atoms with van der Waals surface area (Å²) in [6, 6.07) is 13.3. The van der Waals surface area contributed by atoms with Crippen molar-refractivity contribution in [3.05, 3.63) is 87.5 Å². The lowest BCUT2D eigenvalue weighted by atomic mass is 10.1. The van der Waals surface area contributed by atoms with Crippen LogP contribution >= 0.6 is 24.0 Å². The molecule has 0 radical (unpaired) electrons. The van der Waals surface area contributed by atoms with Crippen molar-refractivity contribution in [2.45, 2.75) is 40.4 Å². The van der Waals surface area contributed by atoms with E-state index in [4.69, 9.17) is 4.42 Å². The number of aliphatic imine (C=N–C) groups is 1. The quantitative estimate of drug-likeness (QED) is 0.283. The monoisotopic (exact) mass is 521 g/mol. The van der Waals surface area contributed by atoms with E-state index in [0.29, 0.717) is 31.5 Å². The Bertz CT molecular complexity index is 1010. The van der Waals surface area contributed by atoms with Crippen LogP contribution in [0.25, 0.3) is 0 Å². The van der Waals surface area contributed by atoms with Crippen LogP contribution in [0.2, 0.25) is 0 Å². The molecule has 0 aliphatic rings. The fraction of sp³-hybridized carbons (Fsp3) is 0.318.